The highest BCUT2D eigenvalue weighted by Gasteiger charge is 2.14. The summed E-state index contributed by atoms with van der Waals surface area (Å²) >= 11 is 3.31. The van der Waals surface area contributed by atoms with Crippen LogP contribution in [0, 0.1) is 0 Å². The van der Waals surface area contributed by atoms with Gasteiger partial charge in [-0.1, -0.05) is 22.0 Å². The van der Waals surface area contributed by atoms with Crippen LogP contribution in [0.15, 0.2) is 37.9 Å². The highest BCUT2D eigenvalue weighted by molar-refractivity contribution is 9.10. The predicted octanol–water partition coefficient (Wildman–Crippen LogP) is 2.34. The van der Waals surface area contributed by atoms with E-state index in [1.807, 2.05) is 0 Å². The van der Waals surface area contributed by atoms with Crippen molar-refractivity contribution in [2.24, 2.45) is 0 Å². The van der Waals surface area contributed by atoms with E-state index in [0.717, 1.165) is 4.47 Å². The monoisotopic (exact) mass is 282 g/mol. The largest absolute Gasteiger partial charge is 0.465 e. The maximum Gasteiger partial charge on any atom is 0.351 e. The van der Waals surface area contributed by atoms with E-state index in [1.165, 1.54) is 13.2 Å². The molecule has 0 saturated heterocycles. The molecular weight excluding hydrogens is 276 g/mol. The molecule has 4 nitrogen and oxygen atoms in total. The van der Waals surface area contributed by atoms with Gasteiger partial charge < -0.3 is 9.15 Å². The number of ether oxygens (including phenoxy) is 1. The molecule has 0 fully saturated rings. The van der Waals surface area contributed by atoms with Gasteiger partial charge in [0.2, 0.25) is 0 Å². The van der Waals surface area contributed by atoms with Gasteiger partial charge in [-0.3, -0.25) is 0 Å². The first-order chi connectivity index (χ1) is 7.63. The van der Waals surface area contributed by atoms with Gasteiger partial charge in [0.05, 0.1) is 7.11 Å². The van der Waals surface area contributed by atoms with Crippen LogP contribution in [0.25, 0.3) is 11.0 Å². The van der Waals surface area contributed by atoms with Crippen LogP contribution in [0.2, 0.25) is 0 Å². The molecule has 0 atom stereocenters. The third-order valence-electron chi connectivity index (χ3n) is 2.13. The van der Waals surface area contributed by atoms with E-state index in [4.69, 9.17) is 4.42 Å². The number of carbonyl (C=O) groups excluding carboxylic acids is 1. The van der Waals surface area contributed by atoms with Gasteiger partial charge in [0.1, 0.15) is 11.1 Å². The van der Waals surface area contributed by atoms with Crippen LogP contribution in [-0.2, 0) is 4.74 Å². The smallest absolute Gasteiger partial charge is 0.351 e. The first-order valence-corrected chi connectivity index (χ1v) is 5.23. The van der Waals surface area contributed by atoms with E-state index in [-0.39, 0.29) is 5.56 Å². The molecule has 16 heavy (non-hydrogen) atoms. The van der Waals surface area contributed by atoms with Crippen molar-refractivity contribution in [3.63, 3.8) is 0 Å². The number of benzene rings is 1. The third-order valence-corrected chi connectivity index (χ3v) is 2.82. The molecule has 0 aliphatic rings. The fraction of sp³-hybridized carbons (Fsp3) is 0.0909. The Morgan fingerprint density at radius 1 is 1.44 bits per heavy atom. The molecule has 1 aromatic heterocycles. The fourth-order valence-corrected chi connectivity index (χ4v) is 1.82. The second-order valence-corrected chi connectivity index (χ2v) is 3.95. The lowest BCUT2D eigenvalue weighted by Crippen LogP contribution is -2.14. The number of halogens is 1. The average molecular weight is 283 g/mol. The van der Waals surface area contributed by atoms with Crippen LogP contribution < -0.4 is 5.63 Å². The molecule has 1 aromatic carbocycles. The van der Waals surface area contributed by atoms with Gasteiger partial charge in [-0.05, 0) is 18.2 Å². The minimum atomic E-state index is -0.702. The first kappa shape index (κ1) is 10.9. The number of rotatable bonds is 1. The Morgan fingerprint density at radius 2 is 2.19 bits per heavy atom. The number of hydrogen-bond acceptors (Lipinski definition) is 4. The van der Waals surface area contributed by atoms with Crippen molar-refractivity contribution < 1.29 is 13.9 Å². The number of carbonyl (C=O) groups is 1. The summed E-state index contributed by atoms with van der Waals surface area (Å²) in [4.78, 5) is 22.8. The molecular formula is C11H7BrO4. The van der Waals surface area contributed by atoms with Gasteiger partial charge in [-0.25, -0.2) is 9.59 Å². The molecule has 0 saturated carbocycles. The highest BCUT2D eigenvalue weighted by atomic mass is 79.9. The Hall–Kier alpha value is -1.62. The molecule has 0 N–H and O–H groups in total. The molecule has 0 bridgehead atoms. The van der Waals surface area contributed by atoms with E-state index < -0.39 is 11.6 Å². The SMILES string of the molecule is COC(=O)c1cc2c(Br)cccc2oc1=O. The Bertz CT molecular complexity index is 615. The summed E-state index contributed by atoms with van der Waals surface area (Å²) < 4.78 is 10.3. The number of fused-ring (bicyclic) bond motifs is 1. The van der Waals surface area contributed by atoms with Crippen molar-refractivity contribution in [2.45, 2.75) is 0 Å². The molecule has 0 aliphatic heterocycles. The first-order valence-electron chi connectivity index (χ1n) is 4.44. The average Bonchev–Trinajstić information content (AvgIpc) is 2.28. The molecule has 1 heterocycles. The van der Waals surface area contributed by atoms with Crippen LogP contribution in [0.1, 0.15) is 10.4 Å². The Balaban J connectivity index is 2.79. The third kappa shape index (κ3) is 1.74. The molecule has 82 valence electrons. The van der Waals surface area contributed by atoms with E-state index in [0.29, 0.717) is 11.0 Å². The van der Waals surface area contributed by atoms with Crippen LogP contribution in [0.5, 0.6) is 0 Å². The molecule has 0 radical (unpaired) electrons. The molecule has 2 aromatic rings. The summed E-state index contributed by atoms with van der Waals surface area (Å²) in [7, 11) is 1.21. The fourth-order valence-electron chi connectivity index (χ4n) is 1.36. The maximum atomic E-state index is 11.5. The zero-order chi connectivity index (χ0) is 11.7. The standard InChI is InChI=1S/C11H7BrO4/c1-15-10(13)7-5-6-8(12)3-2-4-9(6)16-11(7)14/h2-5H,1H3. The lowest BCUT2D eigenvalue weighted by molar-refractivity contribution is 0.0596. The Kier molecular flexibility index (Phi) is 2.78. The number of hydrogen-bond donors (Lipinski definition) is 0. The summed E-state index contributed by atoms with van der Waals surface area (Å²) in [5, 5.41) is 0.655. The summed E-state index contributed by atoms with van der Waals surface area (Å²) in [6, 6.07) is 6.65. The number of methoxy groups -OCH3 is 1. The van der Waals surface area contributed by atoms with Crippen LogP contribution >= 0.6 is 15.9 Å². The topological polar surface area (TPSA) is 56.5 Å². The molecule has 5 heteroatoms. The van der Waals surface area contributed by atoms with E-state index in [2.05, 4.69) is 20.7 Å². The van der Waals surface area contributed by atoms with Crippen molar-refractivity contribution in [3.05, 3.63) is 44.7 Å². The van der Waals surface area contributed by atoms with E-state index in [9.17, 15) is 9.59 Å². The lowest BCUT2D eigenvalue weighted by atomic mass is 10.2. The van der Waals surface area contributed by atoms with Gasteiger partial charge in [-0.15, -0.1) is 0 Å². The van der Waals surface area contributed by atoms with Gasteiger partial charge in [-0.2, -0.15) is 0 Å². The van der Waals surface area contributed by atoms with Crippen LogP contribution in [0.4, 0.5) is 0 Å². The number of esters is 1. The Labute approximate surface area is 99.0 Å². The van der Waals surface area contributed by atoms with Crippen molar-refractivity contribution in [1.82, 2.24) is 0 Å². The maximum absolute atomic E-state index is 11.5. The van der Waals surface area contributed by atoms with Gasteiger partial charge in [0, 0.05) is 9.86 Å². The minimum Gasteiger partial charge on any atom is -0.465 e. The van der Waals surface area contributed by atoms with Crippen molar-refractivity contribution >= 4 is 32.9 Å². The van der Waals surface area contributed by atoms with E-state index in [1.54, 1.807) is 18.2 Å². The van der Waals surface area contributed by atoms with Crippen molar-refractivity contribution in [2.75, 3.05) is 7.11 Å². The van der Waals surface area contributed by atoms with Crippen molar-refractivity contribution in [3.8, 4) is 0 Å². The summed E-state index contributed by atoms with van der Waals surface area (Å²) in [6.07, 6.45) is 0. The minimum absolute atomic E-state index is 0.109. The predicted molar refractivity (Wildman–Crippen MR) is 61.5 cm³/mol. The van der Waals surface area contributed by atoms with Gasteiger partial charge in [0.25, 0.3) is 0 Å². The Morgan fingerprint density at radius 3 is 2.88 bits per heavy atom. The quantitative estimate of drug-likeness (QED) is 0.595. The molecule has 0 amide bonds. The molecule has 0 unspecified atom stereocenters. The lowest BCUT2D eigenvalue weighted by Gasteiger charge is -2.01. The zero-order valence-corrected chi connectivity index (χ0v) is 9.91. The zero-order valence-electron chi connectivity index (χ0n) is 8.32. The second-order valence-electron chi connectivity index (χ2n) is 3.09. The van der Waals surface area contributed by atoms with Crippen molar-refractivity contribution in [1.29, 1.82) is 0 Å². The van der Waals surface area contributed by atoms with Gasteiger partial charge >= 0.3 is 11.6 Å². The molecule has 2 rings (SSSR count). The summed E-state index contributed by atoms with van der Waals surface area (Å²) in [5.74, 6) is -0.702. The molecule has 0 aliphatic carbocycles. The highest BCUT2D eigenvalue weighted by Crippen LogP contribution is 2.23. The summed E-state index contributed by atoms with van der Waals surface area (Å²) in [5.41, 5.74) is -0.383. The normalized spacial score (nSPS) is 10.4. The molecule has 0 spiro atoms. The van der Waals surface area contributed by atoms with Crippen LogP contribution in [0.3, 0.4) is 0 Å². The second kappa shape index (κ2) is 4.09. The summed E-state index contributed by atoms with van der Waals surface area (Å²) in [6.45, 7) is 0. The van der Waals surface area contributed by atoms with E-state index >= 15 is 0 Å². The van der Waals surface area contributed by atoms with Gasteiger partial charge in [0.15, 0.2) is 0 Å². The van der Waals surface area contributed by atoms with Crippen LogP contribution in [-0.4, -0.2) is 13.1 Å².